The van der Waals surface area contributed by atoms with Gasteiger partial charge in [0.2, 0.25) is 17.6 Å². The van der Waals surface area contributed by atoms with Gasteiger partial charge in [-0.1, -0.05) is 11.2 Å². The minimum Gasteiger partial charge on any atom is -0.481 e. The lowest BCUT2D eigenvalue weighted by molar-refractivity contribution is -0.136. The third kappa shape index (κ3) is 4.16. The zero-order chi connectivity index (χ0) is 14.4. The average molecular weight is 295 g/mol. The first kappa shape index (κ1) is 14.2. The second-order valence-electron chi connectivity index (χ2n) is 3.98. The summed E-state index contributed by atoms with van der Waals surface area (Å²) in [5.74, 6) is -0.270. The van der Waals surface area contributed by atoms with Crippen molar-refractivity contribution in [1.82, 2.24) is 15.5 Å². The van der Waals surface area contributed by atoms with E-state index in [1.165, 1.54) is 11.3 Å². The van der Waals surface area contributed by atoms with Crippen LogP contribution >= 0.6 is 11.3 Å². The number of carbonyl (C=O) groups is 2. The van der Waals surface area contributed by atoms with Crippen LogP contribution < -0.4 is 5.32 Å². The maximum absolute atomic E-state index is 11.4. The van der Waals surface area contributed by atoms with E-state index < -0.39 is 5.97 Å². The minimum atomic E-state index is -0.942. The van der Waals surface area contributed by atoms with E-state index in [9.17, 15) is 9.59 Å². The van der Waals surface area contributed by atoms with Gasteiger partial charge in [-0.15, -0.1) is 11.3 Å². The van der Waals surface area contributed by atoms with Gasteiger partial charge >= 0.3 is 5.97 Å². The van der Waals surface area contributed by atoms with Crippen molar-refractivity contribution in [2.75, 3.05) is 6.54 Å². The molecule has 0 radical (unpaired) electrons. The number of amides is 1. The molecule has 7 nitrogen and oxygen atoms in total. The Bertz CT molecular complexity index is 579. The van der Waals surface area contributed by atoms with Crippen LogP contribution in [0.25, 0.3) is 10.7 Å². The Kier molecular flexibility index (Phi) is 4.83. The molecule has 0 unspecified atom stereocenters. The molecule has 0 aliphatic heterocycles. The van der Waals surface area contributed by atoms with Gasteiger partial charge in [0.05, 0.1) is 11.3 Å². The molecule has 0 saturated carbocycles. The average Bonchev–Trinajstić information content (AvgIpc) is 3.06. The molecule has 8 heteroatoms. The normalized spacial score (nSPS) is 10.4. The third-order valence-electron chi connectivity index (χ3n) is 2.44. The van der Waals surface area contributed by atoms with Gasteiger partial charge in [0.15, 0.2) is 0 Å². The van der Waals surface area contributed by atoms with Crippen molar-refractivity contribution in [3.63, 3.8) is 0 Å². The molecule has 1 amide bonds. The standard InChI is InChI=1S/C12H13N3O4S/c16-9(13-6-5-11(17)18)3-4-10-14-12(15-19-10)8-2-1-7-20-8/h1-2,7H,3-6H2,(H,13,16)(H,17,18). The molecular formula is C12H13N3O4S. The van der Waals surface area contributed by atoms with Crippen molar-refractivity contribution in [2.45, 2.75) is 19.3 Å². The first-order chi connectivity index (χ1) is 9.65. The maximum Gasteiger partial charge on any atom is 0.305 e. The summed E-state index contributed by atoms with van der Waals surface area (Å²) in [6, 6.07) is 3.78. The van der Waals surface area contributed by atoms with Gasteiger partial charge in [0.25, 0.3) is 0 Å². The van der Waals surface area contributed by atoms with E-state index in [0.29, 0.717) is 18.1 Å². The Hall–Kier alpha value is -2.22. The van der Waals surface area contributed by atoms with E-state index in [1.54, 1.807) is 0 Å². The fourth-order valence-corrected chi connectivity index (χ4v) is 2.13. The number of hydrogen-bond donors (Lipinski definition) is 2. The van der Waals surface area contributed by atoms with Gasteiger partial charge in [-0.25, -0.2) is 0 Å². The molecule has 20 heavy (non-hydrogen) atoms. The van der Waals surface area contributed by atoms with Crippen LogP contribution in [0.4, 0.5) is 0 Å². The Labute approximate surface area is 118 Å². The molecule has 2 heterocycles. The lowest BCUT2D eigenvalue weighted by Gasteiger charge is -2.00. The molecule has 2 aromatic rings. The molecule has 2 aromatic heterocycles. The molecule has 0 aromatic carbocycles. The van der Waals surface area contributed by atoms with Crippen LogP contribution in [-0.2, 0) is 16.0 Å². The third-order valence-corrected chi connectivity index (χ3v) is 3.30. The van der Waals surface area contributed by atoms with Crippen LogP contribution in [-0.4, -0.2) is 33.7 Å². The van der Waals surface area contributed by atoms with Crippen LogP contribution in [0.3, 0.4) is 0 Å². The molecule has 0 atom stereocenters. The van der Waals surface area contributed by atoms with E-state index in [2.05, 4.69) is 15.5 Å². The lowest BCUT2D eigenvalue weighted by atomic mass is 10.3. The second kappa shape index (κ2) is 6.80. The van der Waals surface area contributed by atoms with Crippen LogP contribution in [0.15, 0.2) is 22.0 Å². The number of aliphatic carboxylic acids is 1. The fraction of sp³-hybridized carbons (Fsp3) is 0.333. The number of carboxylic acid groups (broad SMARTS) is 1. The topological polar surface area (TPSA) is 105 Å². The number of nitrogens with one attached hydrogen (secondary N) is 1. The highest BCUT2D eigenvalue weighted by atomic mass is 32.1. The molecule has 0 spiro atoms. The molecule has 2 N–H and O–H groups in total. The SMILES string of the molecule is O=C(O)CCNC(=O)CCc1nc(-c2cccs2)no1. The van der Waals surface area contributed by atoms with Crippen molar-refractivity contribution in [1.29, 1.82) is 0 Å². The van der Waals surface area contributed by atoms with Gasteiger partial charge in [-0.05, 0) is 11.4 Å². The molecule has 2 rings (SSSR count). The number of carboxylic acids is 1. The number of aryl methyl sites for hydroxylation is 1. The minimum absolute atomic E-state index is 0.0885. The zero-order valence-electron chi connectivity index (χ0n) is 10.5. The summed E-state index contributed by atoms with van der Waals surface area (Å²) in [7, 11) is 0. The number of nitrogens with zero attached hydrogens (tertiary/aromatic N) is 2. The van der Waals surface area contributed by atoms with Gasteiger partial charge in [0, 0.05) is 19.4 Å². The summed E-state index contributed by atoms with van der Waals surface area (Å²) in [5.41, 5.74) is 0. The number of rotatable bonds is 7. The number of carbonyl (C=O) groups excluding carboxylic acids is 1. The van der Waals surface area contributed by atoms with E-state index in [0.717, 1.165) is 4.88 Å². The summed E-state index contributed by atoms with van der Waals surface area (Å²) in [6.07, 6.45) is 0.428. The largest absolute Gasteiger partial charge is 0.481 e. The van der Waals surface area contributed by atoms with Crippen LogP contribution in [0.2, 0.25) is 0 Å². The lowest BCUT2D eigenvalue weighted by Crippen LogP contribution is -2.26. The van der Waals surface area contributed by atoms with E-state index in [-0.39, 0.29) is 25.3 Å². The first-order valence-electron chi connectivity index (χ1n) is 6.00. The number of aromatic nitrogens is 2. The number of hydrogen-bond acceptors (Lipinski definition) is 6. The Morgan fingerprint density at radius 2 is 2.25 bits per heavy atom. The predicted octanol–water partition coefficient (Wildman–Crippen LogP) is 1.32. The molecule has 0 aliphatic carbocycles. The predicted molar refractivity (Wildman–Crippen MR) is 71.2 cm³/mol. The van der Waals surface area contributed by atoms with Crippen molar-refractivity contribution < 1.29 is 19.2 Å². The molecule has 0 fully saturated rings. The fourth-order valence-electron chi connectivity index (χ4n) is 1.48. The molecule has 106 valence electrons. The second-order valence-corrected chi connectivity index (χ2v) is 4.93. The highest BCUT2D eigenvalue weighted by Crippen LogP contribution is 2.21. The van der Waals surface area contributed by atoms with Gasteiger partial charge in [-0.2, -0.15) is 4.98 Å². The van der Waals surface area contributed by atoms with Crippen LogP contribution in [0.1, 0.15) is 18.7 Å². The summed E-state index contributed by atoms with van der Waals surface area (Å²) in [6.45, 7) is 0.123. The zero-order valence-corrected chi connectivity index (χ0v) is 11.4. The van der Waals surface area contributed by atoms with E-state index in [1.807, 2.05) is 17.5 Å². The van der Waals surface area contributed by atoms with E-state index >= 15 is 0 Å². The summed E-state index contributed by atoms with van der Waals surface area (Å²) < 4.78 is 5.05. The number of thiophene rings is 1. The summed E-state index contributed by atoms with van der Waals surface area (Å²) in [4.78, 5) is 26.8. The first-order valence-corrected chi connectivity index (χ1v) is 6.88. The Balaban J connectivity index is 1.77. The van der Waals surface area contributed by atoms with Crippen molar-refractivity contribution in [3.05, 3.63) is 23.4 Å². The van der Waals surface area contributed by atoms with E-state index in [4.69, 9.17) is 9.63 Å². The van der Waals surface area contributed by atoms with Crippen molar-refractivity contribution >= 4 is 23.2 Å². The molecule has 0 saturated heterocycles. The Morgan fingerprint density at radius 3 is 2.95 bits per heavy atom. The quantitative estimate of drug-likeness (QED) is 0.798. The van der Waals surface area contributed by atoms with Gasteiger partial charge in [0.1, 0.15) is 0 Å². The van der Waals surface area contributed by atoms with Gasteiger partial charge in [-0.3, -0.25) is 9.59 Å². The highest BCUT2D eigenvalue weighted by molar-refractivity contribution is 7.13. The monoisotopic (exact) mass is 295 g/mol. The summed E-state index contributed by atoms with van der Waals surface area (Å²) >= 11 is 1.51. The maximum atomic E-state index is 11.4. The smallest absolute Gasteiger partial charge is 0.305 e. The van der Waals surface area contributed by atoms with Gasteiger partial charge < -0.3 is 14.9 Å². The van der Waals surface area contributed by atoms with Crippen LogP contribution in [0.5, 0.6) is 0 Å². The van der Waals surface area contributed by atoms with Crippen LogP contribution in [0, 0.1) is 0 Å². The molecule has 0 bridgehead atoms. The summed E-state index contributed by atoms with van der Waals surface area (Å²) in [5, 5.41) is 16.7. The molecular weight excluding hydrogens is 282 g/mol. The molecule has 0 aliphatic rings. The Morgan fingerprint density at radius 1 is 1.40 bits per heavy atom. The van der Waals surface area contributed by atoms with Crippen molar-refractivity contribution in [3.8, 4) is 10.7 Å². The van der Waals surface area contributed by atoms with Crippen molar-refractivity contribution in [2.24, 2.45) is 0 Å². The highest BCUT2D eigenvalue weighted by Gasteiger charge is 2.11.